The molecule has 21 heavy (non-hydrogen) atoms. The van der Waals surface area contributed by atoms with E-state index in [1.54, 1.807) is 23.1 Å². The van der Waals surface area contributed by atoms with Crippen molar-refractivity contribution in [2.45, 2.75) is 32.7 Å². The molecule has 0 aromatic heterocycles. The first-order chi connectivity index (χ1) is 10.2. The maximum Gasteiger partial charge on any atom is 0.254 e. The fourth-order valence-electron chi connectivity index (χ4n) is 2.64. The molecule has 5 nitrogen and oxygen atoms in total. The summed E-state index contributed by atoms with van der Waals surface area (Å²) < 4.78 is 11.1. The van der Waals surface area contributed by atoms with Crippen LogP contribution >= 0.6 is 0 Å². The predicted octanol–water partition coefficient (Wildman–Crippen LogP) is 2.08. The van der Waals surface area contributed by atoms with Crippen molar-refractivity contribution in [3.05, 3.63) is 23.8 Å². The molecule has 1 aliphatic heterocycles. The topological polar surface area (TPSA) is 59.0 Å². The highest BCUT2D eigenvalue weighted by atomic mass is 16.5. The van der Waals surface area contributed by atoms with Crippen LogP contribution in [0.25, 0.3) is 0 Å². The van der Waals surface area contributed by atoms with Crippen molar-refractivity contribution in [1.82, 2.24) is 4.90 Å². The van der Waals surface area contributed by atoms with Crippen molar-refractivity contribution in [1.29, 1.82) is 0 Å². The normalized spacial score (nSPS) is 17.9. The zero-order valence-corrected chi connectivity index (χ0v) is 12.7. The van der Waals surface area contributed by atoms with Crippen molar-refractivity contribution < 1.29 is 19.4 Å². The van der Waals surface area contributed by atoms with E-state index in [9.17, 15) is 9.90 Å². The molecule has 1 aliphatic rings. The fraction of sp³-hybridized carbons (Fsp3) is 0.562. The number of carbonyl (C=O) groups is 1. The highest BCUT2D eigenvalue weighted by Crippen LogP contribution is 2.30. The Morgan fingerprint density at radius 3 is 2.67 bits per heavy atom. The first-order valence-electron chi connectivity index (χ1n) is 7.52. The van der Waals surface area contributed by atoms with E-state index in [0.29, 0.717) is 36.8 Å². The van der Waals surface area contributed by atoms with Crippen LogP contribution in [0.15, 0.2) is 18.2 Å². The summed E-state index contributed by atoms with van der Waals surface area (Å²) in [6, 6.07) is 5.18. The molecule has 1 amide bonds. The van der Waals surface area contributed by atoms with E-state index in [-0.39, 0.29) is 18.6 Å². The van der Waals surface area contributed by atoms with E-state index in [1.165, 1.54) is 0 Å². The van der Waals surface area contributed by atoms with Gasteiger partial charge in [-0.1, -0.05) is 0 Å². The maximum absolute atomic E-state index is 12.6. The van der Waals surface area contributed by atoms with Gasteiger partial charge in [0.25, 0.3) is 5.91 Å². The summed E-state index contributed by atoms with van der Waals surface area (Å²) in [6.07, 6.45) is 1.80. The molecule has 1 saturated heterocycles. The molecule has 5 heteroatoms. The number of hydrogen-bond donors (Lipinski definition) is 1. The molecular weight excluding hydrogens is 270 g/mol. The molecule has 0 spiro atoms. The van der Waals surface area contributed by atoms with Crippen LogP contribution in [0, 0.1) is 0 Å². The number of aliphatic hydroxyl groups is 1. The molecule has 1 heterocycles. The van der Waals surface area contributed by atoms with Crippen LogP contribution < -0.4 is 9.47 Å². The van der Waals surface area contributed by atoms with Crippen molar-refractivity contribution >= 4 is 5.91 Å². The van der Waals surface area contributed by atoms with E-state index in [0.717, 1.165) is 12.8 Å². The number of hydrogen-bond acceptors (Lipinski definition) is 4. The number of rotatable bonds is 6. The monoisotopic (exact) mass is 293 g/mol. The quantitative estimate of drug-likeness (QED) is 0.872. The molecule has 0 radical (unpaired) electrons. The second-order valence-corrected chi connectivity index (χ2v) is 5.00. The Labute approximate surface area is 125 Å². The fourth-order valence-corrected chi connectivity index (χ4v) is 2.64. The van der Waals surface area contributed by atoms with Gasteiger partial charge in [-0.15, -0.1) is 0 Å². The minimum absolute atomic E-state index is 0.0150. The van der Waals surface area contributed by atoms with E-state index in [4.69, 9.17) is 9.47 Å². The molecule has 0 aliphatic carbocycles. The van der Waals surface area contributed by atoms with Crippen molar-refractivity contribution in [3.8, 4) is 11.5 Å². The third kappa shape index (κ3) is 3.47. The number of carbonyl (C=O) groups excluding carboxylic acids is 1. The predicted molar refractivity (Wildman–Crippen MR) is 79.9 cm³/mol. The number of amides is 1. The number of benzene rings is 1. The number of nitrogens with zero attached hydrogens (tertiary/aromatic N) is 1. The summed E-state index contributed by atoms with van der Waals surface area (Å²) in [5, 5.41) is 9.35. The summed E-state index contributed by atoms with van der Waals surface area (Å²) >= 11 is 0. The van der Waals surface area contributed by atoms with Crippen LogP contribution in [0.4, 0.5) is 0 Å². The van der Waals surface area contributed by atoms with E-state index < -0.39 is 0 Å². The lowest BCUT2D eigenvalue weighted by atomic mass is 10.1. The molecule has 1 aromatic carbocycles. The van der Waals surface area contributed by atoms with Gasteiger partial charge in [-0.3, -0.25) is 4.79 Å². The van der Waals surface area contributed by atoms with E-state index >= 15 is 0 Å². The van der Waals surface area contributed by atoms with Crippen LogP contribution in [-0.2, 0) is 0 Å². The highest BCUT2D eigenvalue weighted by Gasteiger charge is 2.29. The summed E-state index contributed by atoms with van der Waals surface area (Å²) in [7, 11) is 0. The Bertz CT molecular complexity index is 489. The van der Waals surface area contributed by atoms with Crippen LogP contribution in [0.1, 0.15) is 37.0 Å². The second-order valence-electron chi connectivity index (χ2n) is 5.00. The second kappa shape index (κ2) is 7.31. The summed E-state index contributed by atoms with van der Waals surface area (Å²) in [5.41, 5.74) is 0.572. The van der Waals surface area contributed by atoms with Gasteiger partial charge < -0.3 is 19.5 Å². The van der Waals surface area contributed by atoms with E-state index in [2.05, 4.69) is 0 Å². The molecule has 1 fully saturated rings. The Morgan fingerprint density at radius 2 is 2.00 bits per heavy atom. The lowest BCUT2D eigenvalue weighted by molar-refractivity contribution is 0.0677. The first kappa shape index (κ1) is 15.6. The molecule has 116 valence electrons. The summed E-state index contributed by atoms with van der Waals surface area (Å²) in [6.45, 7) is 5.58. The third-order valence-electron chi connectivity index (χ3n) is 3.64. The Kier molecular flexibility index (Phi) is 5.44. The molecule has 1 atom stereocenters. The van der Waals surface area contributed by atoms with Crippen molar-refractivity contribution in [3.63, 3.8) is 0 Å². The number of likely N-dealkylation sites (tertiary alicyclic amines) is 1. The van der Waals surface area contributed by atoms with Gasteiger partial charge in [0, 0.05) is 12.1 Å². The van der Waals surface area contributed by atoms with Gasteiger partial charge in [0.2, 0.25) is 0 Å². The Hall–Kier alpha value is -1.75. The molecule has 0 saturated carbocycles. The Balaban J connectivity index is 2.22. The van der Waals surface area contributed by atoms with Crippen LogP contribution in [0.5, 0.6) is 11.5 Å². The molecule has 0 unspecified atom stereocenters. The standard InChI is InChI=1S/C16H23NO4/c1-3-20-14-8-7-12(10-15(14)21-4-2)16(19)17-9-5-6-13(17)11-18/h7-8,10,13,18H,3-6,9,11H2,1-2H3/t13-/m1/s1. The van der Waals surface area contributed by atoms with Gasteiger partial charge in [0.05, 0.1) is 25.9 Å². The summed E-state index contributed by atoms with van der Waals surface area (Å²) in [4.78, 5) is 14.3. The third-order valence-corrected chi connectivity index (χ3v) is 3.64. The molecular formula is C16H23NO4. The van der Waals surface area contributed by atoms with Crippen LogP contribution in [-0.4, -0.2) is 48.3 Å². The average Bonchev–Trinajstić information content (AvgIpc) is 2.97. The van der Waals surface area contributed by atoms with Crippen LogP contribution in [0.3, 0.4) is 0 Å². The maximum atomic E-state index is 12.6. The van der Waals surface area contributed by atoms with E-state index in [1.807, 2.05) is 13.8 Å². The van der Waals surface area contributed by atoms with Gasteiger partial charge in [0.1, 0.15) is 0 Å². The van der Waals surface area contributed by atoms with Gasteiger partial charge in [-0.05, 0) is 44.9 Å². The van der Waals surface area contributed by atoms with Gasteiger partial charge in [0.15, 0.2) is 11.5 Å². The molecule has 1 aromatic rings. The van der Waals surface area contributed by atoms with Gasteiger partial charge in [-0.25, -0.2) is 0 Å². The SMILES string of the molecule is CCOc1ccc(C(=O)N2CCC[C@@H]2CO)cc1OCC. The average molecular weight is 293 g/mol. The molecule has 1 N–H and O–H groups in total. The highest BCUT2D eigenvalue weighted by molar-refractivity contribution is 5.95. The first-order valence-corrected chi connectivity index (χ1v) is 7.52. The smallest absolute Gasteiger partial charge is 0.254 e. The molecule has 0 bridgehead atoms. The minimum Gasteiger partial charge on any atom is -0.490 e. The lowest BCUT2D eigenvalue weighted by Gasteiger charge is -2.23. The van der Waals surface area contributed by atoms with Gasteiger partial charge >= 0.3 is 0 Å². The largest absolute Gasteiger partial charge is 0.490 e. The van der Waals surface area contributed by atoms with Gasteiger partial charge in [-0.2, -0.15) is 0 Å². The molecule has 2 rings (SSSR count). The number of aliphatic hydroxyl groups excluding tert-OH is 1. The Morgan fingerprint density at radius 1 is 1.29 bits per heavy atom. The minimum atomic E-state index is -0.0698. The van der Waals surface area contributed by atoms with Crippen LogP contribution in [0.2, 0.25) is 0 Å². The zero-order chi connectivity index (χ0) is 15.2. The van der Waals surface area contributed by atoms with Crippen molar-refractivity contribution in [2.24, 2.45) is 0 Å². The number of ether oxygens (including phenoxy) is 2. The van der Waals surface area contributed by atoms with Crippen molar-refractivity contribution in [2.75, 3.05) is 26.4 Å². The summed E-state index contributed by atoms with van der Waals surface area (Å²) in [5.74, 6) is 1.18. The lowest BCUT2D eigenvalue weighted by Crippen LogP contribution is -2.37. The zero-order valence-electron chi connectivity index (χ0n) is 12.7.